The molecule has 6 rings (SSSR count). The number of amides is 2. The molecule has 2 aromatic heterocycles. The highest BCUT2D eigenvalue weighted by atomic mass is 16.2. The first-order valence-corrected chi connectivity index (χ1v) is 11.0. The van der Waals surface area contributed by atoms with Gasteiger partial charge in [-0.15, -0.1) is 0 Å². The minimum absolute atomic E-state index is 0.0630. The smallest absolute Gasteiger partial charge is 0.268 e. The van der Waals surface area contributed by atoms with Crippen LogP contribution in [0.5, 0.6) is 0 Å². The molecule has 1 aromatic carbocycles. The Bertz CT molecular complexity index is 1210. The van der Waals surface area contributed by atoms with E-state index in [1.165, 1.54) is 6.42 Å². The Labute approximate surface area is 179 Å². The highest BCUT2D eigenvalue weighted by molar-refractivity contribution is 6.00. The zero-order valence-electron chi connectivity index (χ0n) is 17.1. The number of rotatable bonds is 2. The van der Waals surface area contributed by atoms with Crippen LogP contribution in [0, 0.1) is 0 Å². The molecular weight excluding hydrogens is 392 g/mol. The third kappa shape index (κ3) is 2.89. The van der Waals surface area contributed by atoms with Crippen LogP contribution in [0.4, 0.5) is 11.6 Å². The van der Waals surface area contributed by atoms with Gasteiger partial charge in [-0.05, 0) is 30.5 Å². The number of hydrogen-bond acceptors (Lipinski definition) is 5. The van der Waals surface area contributed by atoms with Gasteiger partial charge in [-0.2, -0.15) is 4.98 Å². The molecule has 1 aliphatic carbocycles. The molecule has 1 saturated carbocycles. The normalized spacial score (nSPS) is 21.9. The zero-order valence-corrected chi connectivity index (χ0v) is 17.1. The molecular formula is C23H24N6O2. The Balaban J connectivity index is 1.38. The number of nitrogens with zero attached hydrogens (tertiary/aromatic N) is 3. The van der Waals surface area contributed by atoms with Crippen molar-refractivity contribution in [2.24, 2.45) is 0 Å². The van der Waals surface area contributed by atoms with Gasteiger partial charge in [-0.3, -0.25) is 9.59 Å². The molecule has 2 amide bonds. The SMILES string of the molecule is O=C1NCC2(CCCCC2)n2c1cc1cnc(N[C@H]3Cc4ccccc4NC3=O)nc12. The molecule has 4 heterocycles. The van der Waals surface area contributed by atoms with Crippen LogP contribution in [0.3, 0.4) is 0 Å². The summed E-state index contributed by atoms with van der Waals surface area (Å²) in [6.07, 6.45) is 7.89. The Morgan fingerprint density at radius 2 is 1.97 bits per heavy atom. The van der Waals surface area contributed by atoms with E-state index in [2.05, 4.69) is 25.5 Å². The minimum Gasteiger partial charge on any atom is -0.348 e. The van der Waals surface area contributed by atoms with Crippen LogP contribution < -0.4 is 16.0 Å². The molecule has 1 fully saturated rings. The first-order chi connectivity index (χ1) is 15.1. The number of para-hydroxylation sites is 1. The van der Waals surface area contributed by atoms with Gasteiger partial charge < -0.3 is 20.5 Å². The van der Waals surface area contributed by atoms with Crippen LogP contribution in [0.15, 0.2) is 36.5 Å². The van der Waals surface area contributed by atoms with Crippen molar-refractivity contribution in [3.63, 3.8) is 0 Å². The van der Waals surface area contributed by atoms with E-state index in [9.17, 15) is 9.59 Å². The van der Waals surface area contributed by atoms with Crippen molar-refractivity contribution >= 4 is 34.5 Å². The van der Waals surface area contributed by atoms with E-state index in [-0.39, 0.29) is 17.4 Å². The molecule has 31 heavy (non-hydrogen) atoms. The number of benzene rings is 1. The maximum absolute atomic E-state index is 12.6. The molecule has 8 heteroatoms. The summed E-state index contributed by atoms with van der Waals surface area (Å²) in [5, 5.41) is 10.1. The third-order valence-corrected chi connectivity index (χ3v) is 6.93. The molecule has 0 bridgehead atoms. The average Bonchev–Trinajstić information content (AvgIpc) is 3.18. The van der Waals surface area contributed by atoms with Crippen LogP contribution in [0.2, 0.25) is 0 Å². The lowest BCUT2D eigenvalue weighted by atomic mass is 9.80. The lowest BCUT2D eigenvalue weighted by Gasteiger charge is -2.42. The lowest BCUT2D eigenvalue weighted by molar-refractivity contribution is -0.117. The second kappa shape index (κ2) is 6.80. The van der Waals surface area contributed by atoms with Gasteiger partial charge in [0.15, 0.2) is 0 Å². The Hall–Kier alpha value is -3.42. The van der Waals surface area contributed by atoms with E-state index in [4.69, 9.17) is 4.98 Å². The van der Waals surface area contributed by atoms with Crippen molar-refractivity contribution in [1.29, 1.82) is 0 Å². The van der Waals surface area contributed by atoms with Crippen LogP contribution >= 0.6 is 0 Å². The number of fused-ring (bicyclic) bond motifs is 5. The van der Waals surface area contributed by atoms with Crippen molar-refractivity contribution in [1.82, 2.24) is 19.9 Å². The first kappa shape index (κ1) is 18.4. The molecule has 158 valence electrons. The molecule has 3 N–H and O–H groups in total. The number of hydrogen-bond donors (Lipinski definition) is 3. The quantitative estimate of drug-likeness (QED) is 0.596. The van der Waals surface area contributed by atoms with E-state index in [1.54, 1.807) is 6.20 Å². The topological polar surface area (TPSA) is 101 Å². The fourth-order valence-electron chi connectivity index (χ4n) is 5.36. The largest absolute Gasteiger partial charge is 0.348 e. The van der Waals surface area contributed by atoms with Gasteiger partial charge >= 0.3 is 0 Å². The van der Waals surface area contributed by atoms with Gasteiger partial charge in [-0.25, -0.2) is 4.98 Å². The van der Waals surface area contributed by atoms with Gasteiger partial charge in [0.05, 0.1) is 5.54 Å². The maximum atomic E-state index is 12.6. The Morgan fingerprint density at radius 1 is 1.13 bits per heavy atom. The van der Waals surface area contributed by atoms with Crippen molar-refractivity contribution in [2.45, 2.75) is 50.1 Å². The molecule has 1 spiro atoms. The zero-order chi connectivity index (χ0) is 21.0. The van der Waals surface area contributed by atoms with E-state index >= 15 is 0 Å². The number of aromatic nitrogens is 3. The van der Waals surface area contributed by atoms with Crippen LogP contribution in [0.25, 0.3) is 11.0 Å². The summed E-state index contributed by atoms with van der Waals surface area (Å²) < 4.78 is 2.14. The summed E-state index contributed by atoms with van der Waals surface area (Å²) in [7, 11) is 0. The van der Waals surface area contributed by atoms with Crippen LogP contribution in [-0.2, 0) is 16.8 Å². The number of anilines is 2. The van der Waals surface area contributed by atoms with Crippen molar-refractivity contribution in [3.05, 3.63) is 47.8 Å². The second-order valence-corrected chi connectivity index (χ2v) is 8.85. The highest BCUT2D eigenvalue weighted by Crippen LogP contribution is 2.40. The summed E-state index contributed by atoms with van der Waals surface area (Å²) in [6, 6.07) is 9.24. The van der Waals surface area contributed by atoms with Crippen LogP contribution in [-0.4, -0.2) is 38.9 Å². The molecule has 3 aromatic rings. The van der Waals surface area contributed by atoms with E-state index < -0.39 is 6.04 Å². The molecule has 8 nitrogen and oxygen atoms in total. The molecule has 2 aliphatic heterocycles. The van der Waals surface area contributed by atoms with Gasteiger partial charge in [-0.1, -0.05) is 37.5 Å². The van der Waals surface area contributed by atoms with Gasteiger partial charge in [0, 0.05) is 30.2 Å². The van der Waals surface area contributed by atoms with E-state index in [0.717, 1.165) is 48.0 Å². The van der Waals surface area contributed by atoms with Crippen molar-refractivity contribution in [3.8, 4) is 0 Å². The number of carbonyl (C=O) groups is 2. The fraction of sp³-hybridized carbons (Fsp3) is 0.391. The summed E-state index contributed by atoms with van der Waals surface area (Å²) in [5.74, 6) is 0.250. The number of nitrogens with one attached hydrogen (secondary N) is 3. The molecule has 3 aliphatic rings. The van der Waals surface area contributed by atoms with Gasteiger partial charge in [0.25, 0.3) is 5.91 Å². The minimum atomic E-state index is -0.449. The third-order valence-electron chi connectivity index (χ3n) is 6.93. The second-order valence-electron chi connectivity index (χ2n) is 8.85. The average molecular weight is 416 g/mol. The first-order valence-electron chi connectivity index (χ1n) is 11.0. The Kier molecular flexibility index (Phi) is 4.03. The molecule has 0 unspecified atom stereocenters. The Morgan fingerprint density at radius 3 is 2.84 bits per heavy atom. The van der Waals surface area contributed by atoms with Crippen LogP contribution in [0.1, 0.15) is 48.2 Å². The summed E-state index contributed by atoms with van der Waals surface area (Å²) in [4.78, 5) is 34.4. The maximum Gasteiger partial charge on any atom is 0.268 e. The van der Waals surface area contributed by atoms with E-state index in [1.807, 2.05) is 30.3 Å². The van der Waals surface area contributed by atoms with Gasteiger partial charge in [0.1, 0.15) is 17.4 Å². The molecule has 0 saturated heterocycles. The molecule has 1 atom stereocenters. The predicted molar refractivity (Wildman–Crippen MR) is 117 cm³/mol. The van der Waals surface area contributed by atoms with Gasteiger partial charge in [0.2, 0.25) is 11.9 Å². The summed E-state index contributed by atoms with van der Waals surface area (Å²) in [5.41, 5.74) is 3.22. The predicted octanol–water partition coefficient (Wildman–Crippen LogP) is 2.81. The molecule has 0 radical (unpaired) electrons. The standard InChI is InChI=1S/C23H24N6O2/c30-20-17(10-14-6-2-3-7-16(14)26-20)27-22-24-12-15-11-18-21(31)25-13-23(8-4-1-5-9-23)29(18)19(15)28-22/h2-3,6-7,11-12,17H,1,4-5,8-10,13H2,(H,25,31)(H,26,30)(H,24,27,28)/t17-/m0/s1. The monoisotopic (exact) mass is 416 g/mol. The van der Waals surface area contributed by atoms with E-state index in [0.29, 0.717) is 24.6 Å². The van der Waals surface area contributed by atoms with Crippen molar-refractivity contribution in [2.75, 3.05) is 17.2 Å². The summed E-state index contributed by atoms with van der Waals surface area (Å²) >= 11 is 0. The number of carbonyl (C=O) groups excluding carboxylic acids is 2. The summed E-state index contributed by atoms with van der Waals surface area (Å²) in [6.45, 7) is 0.636. The fourth-order valence-corrected chi connectivity index (χ4v) is 5.36. The highest BCUT2D eigenvalue weighted by Gasteiger charge is 2.41. The van der Waals surface area contributed by atoms with Crippen molar-refractivity contribution < 1.29 is 9.59 Å². The lowest BCUT2D eigenvalue weighted by Crippen LogP contribution is -2.52.